The highest BCUT2D eigenvalue weighted by molar-refractivity contribution is 5.80. The van der Waals surface area contributed by atoms with Gasteiger partial charge in [-0.1, -0.05) is 31.9 Å². The predicted octanol–water partition coefficient (Wildman–Crippen LogP) is 2.81. The fourth-order valence-corrected chi connectivity index (χ4v) is 4.41. The topological polar surface area (TPSA) is 78.9 Å². The van der Waals surface area contributed by atoms with Crippen molar-refractivity contribution in [3.8, 4) is 5.75 Å². The molecule has 3 rings (SSSR count). The van der Waals surface area contributed by atoms with Gasteiger partial charge in [-0.15, -0.1) is 0 Å². The Morgan fingerprint density at radius 3 is 2.89 bits per heavy atom. The molecule has 1 heterocycles. The molecule has 3 atom stereocenters. The average molecular weight is 374 g/mol. The number of likely N-dealkylation sites (tertiary alicyclic amines) is 1. The maximum atomic E-state index is 12.5. The number of hydrogen-bond donors (Lipinski definition) is 2. The number of carboxylic acids is 1. The van der Waals surface area contributed by atoms with E-state index >= 15 is 0 Å². The second-order valence-corrected chi connectivity index (χ2v) is 7.65. The summed E-state index contributed by atoms with van der Waals surface area (Å²) in [6.07, 6.45) is 5.99. The molecule has 0 spiro atoms. The Bertz CT molecular complexity index is 663. The van der Waals surface area contributed by atoms with Crippen molar-refractivity contribution in [2.24, 2.45) is 5.92 Å². The summed E-state index contributed by atoms with van der Waals surface area (Å²) < 4.78 is 5.62. The Kier molecular flexibility index (Phi) is 6.72. The van der Waals surface area contributed by atoms with E-state index in [2.05, 4.69) is 12.2 Å². The molecule has 2 fully saturated rings. The summed E-state index contributed by atoms with van der Waals surface area (Å²) in [5, 5.41) is 12.5. The first kappa shape index (κ1) is 19.7. The Morgan fingerprint density at radius 2 is 2.11 bits per heavy atom. The van der Waals surface area contributed by atoms with Crippen molar-refractivity contribution < 1.29 is 19.4 Å². The minimum Gasteiger partial charge on any atom is -0.494 e. The third-order valence-electron chi connectivity index (χ3n) is 5.69. The molecule has 6 nitrogen and oxygen atoms in total. The molecule has 2 N–H and O–H groups in total. The molecule has 0 radical (unpaired) electrons. The molecule has 148 valence electrons. The molecule has 27 heavy (non-hydrogen) atoms. The lowest BCUT2D eigenvalue weighted by Crippen LogP contribution is -2.47. The van der Waals surface area contributed by atoms with Crippen LogP contribution in [0.5, 0.6) is 5.75 Å². The number of carbonyl (C=O) groups is 2. The standard InChI is InChI=1S/C21H30N2O4/c1-2-10-27-17-8-5-6-15(11-17)13-22-20(24)14-23-18-9-4-3-7-16(18)12-19(23)21(25)26/h5-6,8,11,16,18-19H,2-4,7,9-10,12-14H2,1H3,(H,22,24)(H,25,26). The van der Waals surface area contributed by atoms with E-state index in [0.717, 1.165) is 37.0 Å². The van der Waals surface area contributed by atoms with Crippen LogP contribution in [-0.2, 0) is 16.1 Å². The lowest BCUT2D eigenvalue weighted by atomic mass is 9.85. The van der Waals surface area contributed by atoms with E-state index in [0.29, 0.717) is 25.5 Å². The summed E-state index contributed by atoms with van der Waals surface area (Å²) in [5.41, 5.74) is 0.976. The number of fused-ring (bicyclic) bond motifs is 1. The second-order valence-electron chi connectivity index (χ2n) is 7.65. The normalized spacial score (nSPS) is 25.0. The molecule has 1 aromatic carbocycles. The zero-order chi connectivity index (χ0) is 19.2. The quantitative estimate of drug-likeness (QED) is 0.731. The smallest absolute Gasteiger partial charge is 0.320 e. The van der Waals surface area contributed by atoms with Crippen LogP contribution in [0.2, 0.25) is 0 Å². The first-order chi connectivity index (χ1) is 13.1. The molecule has 0 bridgehead atoms. The van der Waals surface area contributed by atoms with Crippen LogP contribution < -0.4 is 10.1 Å². The summed E-state index contributed by atoms with van der Waals surface area (Å²) in [5.74, 6) is 0.296. The summed E-state index contributed by atoms with van der Waals surface area (Å²) >= 11 is 0. The molecular formula is C21H30N2O4. The van der Waals surface area contributed by atoms with E-state index in [4.69, 9.17) is 4.74 Å². The number of amides is 1. The van der Waals surface area contributed by atoms with Gasteiger partial charge in [-0.25, -0.2) is 0 Å². The third-order valence-corrected chi connectivity index (χ3v) is 5.69. The van der Waals surface area contributed by atoms with E-state index < -0.39 is 12.0 Å². The highest BCUT2D eigenvalue weighted by Gasteiger charge is 2.45. The fraction of sp³-hybridized carbons (Fsp3) is 0.619. The average Bonchev–Trinajstić information content (AvgIpc) is 3.04. The van der Waals surface area contributed by atoms with Crippen molar-refractivity contribution in [1.82, 2.24) is 10.2 Å². The monoisotopic (exact) mass is 374 g/mol. The molecule has 1 aromatic rings. The highest BCUT2D eigenvalue weighted by atomic mass is 16.5. The van der Waals surface area contributed by atoms with Gasteiger partial charge >= 0.3 is 5.97 Å². The van der Waals surface area contributed by atoms with Crippen molar-refractivity contribution in [3.05, 3.63) is 29.8 Å². The van der Waals surface area contributed by atoms with E-state index in [9.17, 15) is 14.7 Å². The van der Waals surface area contributed by atoms with E-state index in [-0.39, 0.29) is 18.5 Å². The molecule has 1 saturated carbocycles. The Balaban J connectivity index is 1.55. The van der Waals surface area contributed by atoms with Crippen molar-refractivity contribution in [3.63, 3.8) is 0 Å². The van der Waals surface area contributed by atoms with E-state index in [1.807, 2.05) is 29.2 Å². The number of hydrogen-bond acceptors (Lipinski definition) is 4. The number of benzene rings is 1. The maximum Gasteiger partial charge on any atom is 0.320 e. The molecule has 1 saturated heterocycles. The first-order valence-electron chi connectivity index (χ1n) is 10.1. The van der Waals surface area contributed by atoms with Crippen molar-refractivity contribution >= 4 is 11.9 Å². The van der Waals surface area contributed by atoms with E-state index in [1.165, 1.54) is 6.42 Å². The highest BCUT2D eigenvalue weighted by Crippen LogP contribution is 2.39. The molecule has 1 aliphatic carbocycles. The largest absolute Gasteiger partial charge is 0.494 e. The van der Waals surface area contributed by atoms with Gasteiger partial charge in [-0.05, 0) is 49.3 Å². The number of carbonyl (C=O) groups excluding carboxylic acids is 1. The number of rotatable bonds is 8. The third kappa shape index (κ3) is 5.01. The summed E-state index contributed by atoms with van der Waals surface area (Å²) in [6, 6.07) is 7.41. The predicted molar refractivity (Wildman–Crippen MR) is 103 cm³/mol. The first-order valence-corrected chi connectivity index (χ1v) is 10.1. The number of nitrogens with zero attached hydrogens (tertiary/aromatic N) is 1. The van der Waals surface area contributed by atoms with Crippen LogP contribution in [0.15, 0.2) is 24.3 Å². The van der Waals surface area contributed by atoms with Gasteiger partial charge in [0.2, 0.25) is 5.91 Å². The Labute approximate surface area is 160 Å². The molecule has 3 unspecified atom stereocenters. The molecule has 0 aromatic heterocycles. The minimum atomic E-state index is -0.807. The summed E-state index contributed by atoms with van der Waals surface area (Å²) in [6.45, 7) is 3.31. The summed E-state index contributed by atoms with van der Waals surface area (Å²) in [4.78, 5) is 26.1. The van der Waals surface area contributed by atoms with Crippen LogP contribution in [0, 0.1) is 5.92 Å². The maximum absolute atomic E-state index is 12.5. The number of aliphatic carboxylic acids is 1. The van der Waals surface area contributed by atoms with Gasteiger partial charge in [0.05, 0.1) is 13.2 Å². The van der Waals surface area contributed by atoms with Crippen LogP contribution in [0.4, 0.5) is 0 Å². The van der Waals surface area contributed by atoms with Crippen molar-refractivity contribution in [2.75, 3.05) is 13.2 Å². The lowest BCUT2D eigenvalue weighted by molar-refractivity contribution is -0.143. The van der Waals surface area contributed by atoms with Gasteiger partial charge in [0.25, 0.3) is 0 Å². The number of carboxylic acid groups (broad SMARTS) is 1. The SMILES string of the molecule is CCCOc1cccc(CNC(=O)CN2C(C(=O)O)CC3CCCCC32)c1. The number of ether oxygens (including phenoxy) is 1. The Hall–Kier alpha value is -2.08. The molecular weight excluding hydrogens is 344 g/mol. The minimum absolute atomic E-state index is 0.118. The molecule has 1 amide bonds. The zero-order valence-electron chi connectivity index (χ0n) is 16.0. The van der Waals surface area contributed by atoms with Gasteiger partial charge in [0.1, 0.15) is 11.8 Å². The zero-order valence-corrected chi connectivity index (χ0v) is 16.0. The molecule has 6 heteroatoms. The molecule has 2 aliphatic rings. The van der Waals surface area contributed by atoms with Crippen molar-refractivity contribution in [1.29, 1.82) is 0 Å². The van der Waals surface area contributed by atoms with Crippen LogP contribution in [0.1, 0.15) is 51.0 Å². The lowest BCUT2D eigenvalue weighted by Gasteiger charge is -2.32. The van der Waals surface area contributed by atoms with Gasteiger partial charge in [-0.2, -0.15) is 0 Å². The fourth-order valence-electron chi connectivity index (χ4n) is 4.41. The van der Waals surface area contributed by atoms with Crippen LogP contribution in [0.25, 0.3) is 0 Å². The van der Waals surface area contributed by atoms with Gasteiger partial charge in [0, 0.05) is 12.6 Å². The van der Waals surface area contributed by atoms with Crippen LogP contribution in [0.3, 0.4) is 0 Å². The van der Waals surface area contributed by atoms with Gasteiger partial charge < -0.3 is 15.2 Å². The second kappa shape index (κ2) is 9.22. The van der Waals surface area contributed by atoms with Crippen LogP contribution in [-0.4, -0.2) is 47.1 Å². The van der Waals surface area contributed by atoms with Crippen LogP contribution >= 0.6 is 0 Å². The van der Waals surface area contributed by atoms with E-state index in [1.54, 1.807) is 0 Å². The van der Waals surface area contributed by atoms with Gasteiger partial charge in [0.15, 0.2) is 0 Å². The summed E-state index contributed by atoms with van der Waals surface area (Å²) in [7, 11) is 0. The van der Waals surface area contributed by atoms with Crippen molar-refractivity contribution in [2.45, 2.75) is 64.1 Å². The number of nitrogens with one attached hydrogen (secondary N) is 1. The van der Waals surface area contributed by atoms with Gasteiger partial charge in [-0.3, -0.25) is 14.5 Å². The molecule has 1 aliphatic heterocycles. The Morgan fingerprint density at radius 1 is 1.30 bits per heavy atom.